The zero-order valence-corrected chi connectivity index (χ0v) is 14.8. The molecule has 1 atom stereocenters. The van der Waals surface area contributed by atoms with Gasteiger partial charge in [0.2, 0.25) is 0 Å². The highest BCUT2D eigenvalue weighted by Crippen LogP contribution is 2.31. The standard InChI is InChI=1S/C17H19BrClNO/c1-11-5-4-6-14(17(11)19)16(20-2)10-12-9-13(21-3)7-8-15(12)18/h4-9,16,20H,10H2,1-3H3. The third-order valence-corrected chi connectivity index (χ3v) is 4.91. The SMILES string of the molecule is CNC(Cc1cc(OC)ccc1Br)c1cccc(C)c1Cl. The predicted molar refractivity (Wildman–Crippen MR) is 92.4 cm³/mol. The summed E-state index contributed by atoms with van der Waals surface area (Å²) in [6.45, 7) is 2.03. The Kier molecular flexibility index (Phi) is 5.68. The fourth-order valence-corrected chi connectivity index (χ4v) is 3.03. The Morgan fingerprint density at radius 1 is 1.29 bits per heavy atom. The van der Waals surface area contributed by atoms with Crippen molar-refractivity contribution in [2.24, 2.45) is 0 Å². The van der Waals surface area contributed by atoms with Gasteiger partial charge in [0.25, 0.3) is 0 Å². The molecule has 0 amide bonds. The molecular weight excluding hydrogens is 350 g/mol. The van der Waals surface area contributed by atoms with Crippen LogP contribution in [0.15, 0.2) is 40.9 Å². The van der Waals surface area contributed by atoms with E-state index in [4.69, 9.17) is 16.3 Å². The summed E-state index contributed by atoms with van der Waals surface area (Å²) in [5.41, 5.74) is 3.40. The van der Waals surface area contributed by atoms with Gasteiger partial charge in [-0.05, 0) is 55.3 Å². The molecule has 2 aromatic carbocycles. The van der Waals surface area contributed by atoms with Crippen molar-refractivity contribution in [1.29, 1.82) is 0 Å². The smallest absolute Gasteiger partial charge is 0.119 e. The van der Waals surface area contributed by atoms with Crippen molar-refractivity contribution in [3.8, 4) is 5.75 Å². The van der Waals surface area contributed by atoms with Crippen molar-refractivity contribution in [3.63, 3.8) is 0 Å². The topological polar surface area (TPSA) is 21.3 Å². The van der Waals surface area contributed by atoms with E-state index in [-0.39, 0.29) is 6.04 Å². The normalized spacial score (nSPS) is 12.2. The Morgan fingerprint density at radius 3 is 2.71 bits per heavy atom. The molecule has 21 heavy (non-hydrogen) atoms. The number of rotatable bonds is 5. The van der Waals surface area contributed by atoms with Gasteiger partial charge in [-0.3, -0.25) is 0 Å². The molecule has 0 spiro atoms. The Morgan fingerprint density at radius 2 is 2.05 bits per heavy atom. The van der Waals surface area contributed by atoms with Crippen molar-refractivity contribution in [3.05, 3.63) is 62.6 Å². The number of aryl methyl sites for hydroxylation is 1. The zero-order chi connectivity index (χ0) is 15.4. The van der Waals surface area contributed by atoms with Crippen LogP contribution in [0.25, 0.3) is 0 Å². The Balaban J connectivity index is 2.33. The molecule has 0 bridgehead atoms. The van der Waals surface area contributed by atoms with Gasteiger partial charge in [0.15, 0.2) is 0 Å². The van der Waals surface area contributed by atoms with E-state index in [1.807, 2.05) is 38.2 Å². The third kappa shape index (κ3) is 3.79. The minimum absolute atomic E-state index is 0.154. The average Bonchev–Trinajstić information content (AvgIpc) is 2.49. The first-order chi connectivity index (χ1) is 10.1. The quantitative estimate of drug-likeness (QED) is 0.808. The first-order valence-electron chi connectivity index (χ1n) is 6.81. The monoisotopic (exact) mass is 367 g/mol. The predicted octanol–water partition coefficient (Wildman–Crippen LogP) is 4.92. The van der Waals surface area contributed by atoms with Gasteiger partial charge >= 0.3 is 0 Å². The van der Waals surface area contributed by atoms with E-state index >= 15 is 0 Å². The van der Waals surface area contributed by atoms with E-state index in [9.17, 15) is 0 Å². The molecule has 4 heteroatoms. The molecule has 0 saturated carbocycles. The van der Waals surface area contributed by atoms with Crippen molar-refractivity contribution < 1.29 is 4.74 Å². The fourth-order valence-electron chi connectivity index (χ4n) is 2.36. The Hall–Kier alpha value is -1.03. The number of ether oxygens (including phenoxy) is 1. The molecule has 2 aromatic rings. The molecule has 1 unspecified atom stereocenters. The van der Waals surface area contributed by atoms with E-state index in [1.54, 1.807) is 7.11 Å². The number of hydrogen-bond acceptors (Lipinski definition) is 2. The van der Waals surface area contributed by atoms with Crippen molar-refractivity contribution >= 4 is 27.5 Å². The molecule has 2 rings (SSSR count). The van der Waals surface area contributed by atoms with Crippen LogP contribution in [0.4, 0.5) is 0 Å². The molecule has 0 saturated heterocycles. The lowest BCUT2D eigenvalue weighted by Crippen LogP contribution is -2.19. The average molecular weight is 369 g/mol. The van der Waals surface area contributed by atoms with Gasteiger partial charge in [-0.15, -0.1) is 0 Å². The molecule has 0 aliphatic heterocycles. The van der Waals surface area contributed by atoms with Crippen LogP contribution in [0.5, 0.6) is 5.75 Å². The maximum Gasteiger partial charge on any atom is 0.119 e. The first kappa shape index (κ1) is 16.3. The van der Waals surface area contributed by atoms with Crippen LogP contribution in [-0.2, 0) is 6.42 Å². The van der Waals surface area contributed by atoms with Gasteiger partial charge in [-0.2, -0.15) is 0 Å². The number of likely N-dealkylation sites (N-methyl/N-ethyl adjacent to an activating group) is 1. The Labute approximate surface area is 139 Å². The summed E-state index contributed by atoms with van der Waals surface area (Å²) in [5, 5.41) is 4.18. The largest absolute Gasteiger partial charge is 0.497 e. The van der Waals surface area contributed by atoms with E-state index in [2.05, 4.69) is 33.4 Å². The number of hydrogen-bond donors (Lipinski definition) is 1. The van der Waals surface area contributed by atoms with Crippen LogP contribution in [0, 0.1) is 6.92 Å². The summed E-state index contributed by atoms with van der Waals surface area (Å²) in [5.74, 6) is 0.860. The molecule has 0 aliphatic rings. The molecular formula is C17H19BrClNO. The zero-order valence-electron chi connectivity index (χ0n) is 12.4. The highest BCUT2D eigenvalue weighted by Gasteiger charge is 2.16. The van der Waals surface area contributed by atoms with E-state index in [1.165, 1.54) is 5.56 Å². The summed E-state index contributed by atoms with van der Waals surface area (Å²) >= 11 is 10.1. The van der Waals surface area contributed by atoms with Crippen LogP contribution in [0.1, 0.15) is 22.7 Å². The minimum Gasteiger partial charge on any atom is -0.497 e. The first-order valence-corrected chi connectivity index (χ1v) is 7.98. The van der Waals surface area contributed by atoms with Crippen LogP contribution in [-0.4, -0.2) is 14.2 Å². The van der Waals surface area contributed by atoms with Crippen molar-refractivity contribution in [1.82, 2.24) is 5.32 Å². The lowest BCUT2D eigenvalue weighted by atomic mass is 9.97. The number of nitrogens with one attached hydrogen (secondary N) is 1. The van der Waals surface area contributed by atoms with Gasteiger partial charge in [-0.1, -0.05) is 45.7 Å². The highest BCUT2D eigenvalue weighted by atomic mass is 79.9. The second kappa shape index (κ2) is 7.30. The molecule has 1 N–H and O–H groups in total. The van der Waals surface area contributed by atoms with Crippen LogP contribution < -0.4 is 10.1 Å². The molecule has 0 aliphatic carbocycles. The van der Waals surface area contributed by atoms with E-state index in [0.717, 1.165) is 32.8 Å². The van der Waals surface area contributed by atoms with Gasteiger partial charge in [-0.25, -0.2) is 0 Å². The second-order valence-corrected chi connectivity index (χ2v) is 6.21. The summed E-state index contributed by atoms with van der Waals surface area (Å²) < 4.78 is 6.38. The summed E-state index contributed by atoms with van der Waals surface area (Å²) in [6, 6.07) is 12.3. The van der Waals surface area contributed by atoms with Crippen LogP contribution >= 0.6 is 27.5 Å². The molecule has 0 aromatic heterocycles. The third-order valence-electron chi connectivity index (χ3n) is 3.62. The second-order valence-electron chi connectivity index (χ2n) is 4.98. The Bertz CT molecular complexity index is 630. The van der Waals surface area contributed by atoms with E-state index in [0.29, 0.717) is 0 Å². The van der Waals surface area contributed by atoms with Crippen molar-refractivity contribution in [2.45, 2.75) is 19.4 Å². The highest BCUT2D eigenvalue weighted by molar-refractivity contribution is 9.10. The van der Waals surface area contributed by atoms with Crippen LogP contribution in [0.3, 0.4) is 0 Å². The lowest BCUT2D eigenvalue weighted by molar-refractivity contribution is 0.414. The number of halogens is 2. The van der Waals surface area contributed by atoms with Gasteiger partial charge in [0, 0.05) is 15.5 Å². The summed E-state index contributed by atoms with van der Waals surface area (Å²) in [4.78, 5) is 0. The number of methoxy groups -OCH3 is 1. The minimum atomic E-state index is 0.154. The fraction of sp³-hybridized carbons (Fsp3) is 0.294. The molecule has 112 valence electrons. The summed E-state index contributed by atoms with van der Waals surface area (Å²) in [6.07, 6.45) is 0.831. The molecule has 2 nitrogen and oxygen atoms in total. The summed E-state index contributed by atoms with van der Waals surface area (Å²) in [7, 11) is 3.64. The number of benzene rings is 2. The maximum atomic E-state index is 6.45. The van der Waals surface area contributed by atoms with Crippen molar-refractivity contribution in [2.75, 3.05) is 14.2 Å². The molecule has 0 heterocycles. The maximum absolute atomic E-state index is 6.45. The van der Waals surface area contributed by atoms with E-state index < -0.39 is 0 Å². The van der Waals surface area contributed by atoms with Gasteiger partial charge in [0.05, 0.1) is 7.11 Å². The molecule has 0 fully saturated rings. The van der Waals surface area contributed by atoms with Gasteiger partial charge in [0.1, 0.15) is 5.75 Å². The van der Waals surface area contributed by atoms with Gasteiger partial charge < -0.3 is 10.1 Å². The van der Waals surface area contributed by atoms with Crippen LogP contribution in [0.2, 0.25) is 5.02 Å². The lowest BCUT2D eigenvalue weighted by Gasteiger charge is -2.20. The molecule has 0 radical (unpaired) electrons.